The molecular weight excluding hydrogens is 390 g/mol. The molecule has 2 unspecified atom stereocenters. The van der Waals surface area contributed by atoms with E-state index in [4.69, 9.17) is 9.47 Å². The first-order valence-corrected chi connectivity index (χ1v) is 10.6. The van der Waals surface area contributed by atoms with Crippen molar-refractivity contribution in [1.82, 2.24) is 16.0 Å². The fourth-order valence-electron chi connectivity index (χ4n) is 2.79. The third kappa shape index (κ3) is 10.0. The first-order valence-electron chi connectivity index (χ1n) is 10.6. The van der Waals surface area contributed by atoms with Gasteiger partial charge in [-0.2, -0.15) is 0 Å². The highest BCUT2D eigenvalue weighted by Gasteiger charge is 2.31. The van der Waals surface area contributed by atoms with Crippen molar-refractivity contribution >= 4 is 23.7 Å². The first-order chi connectivity index (χ1) is 14.0. The van der Waals surface area contributed by atoms with Crippen LogP contribution in [-0.4, -0.2) is 62.1 Å². The average Bonchev–Trinajstić information content (AvgIpc) is 2.65. The molecule has 3 amide bonds. The predicted octanol–water partition coefficient (Wildman–Crippen LogP) is 1.54. The Morgan fingerprint density at radius 3 is 2.47 bits per heavy atom. The molecule has 1 aliphatic heterocycles. The van der Waals surface area contributed by atoms with Gasteiger partial charge in [-0.3, -0.25) is 14.4 Å². The average molecular weight is 428 g/mol. The molecule has 9 nitrogen and oxygen atoms in total. The predicted molar refractivity (Wildman–Crippen MR) is 112 cm³/mol. The first kappa shape index (κ1) is 25.9. The number of hydrogen-bond acceptors (Lipinski definition) is 6. The lowest BCUT2D eigenvalue weighted by molar-refractivity contribution is -0.140. The fourth-order valence-corrected chi connectivity index (χ4v) is 2.79. The summed E-state index contributed by atoms with van der Waals surface area (Å²) in [4.78, 5) is 49.6. The zero-order valence-corrected chi connectivity index (χ0v) is 18.8. The molecule has 0 aromatic heterocycles. The molecule has 1 heterocycles. The second kappa shape index (κ2) is 12.5. The summed E-state index contributed by atoms with van der Waals surface area (Å²) in [5.41, 5.74) is -0.204. The van der Waals surface area contributed by atoms with Gasteiger partial charge in [0.2, 0.25) is 11.7 Å². The van der Waals surface area contributed by atoms with Gasteiger partial charge in [-0.15, -0.1) is 0 Å². The molecule has 1 fully saturated rings. The molecule has 172 valence electrons. The largest absolute Gasteiger partial charge is 0.449 e. The number of ketones is 1. The van der Waals surface area contributed by atoms with Gasteiger partial charge in [0, 0.05) is 19.8 Å². The Morgan fingerprint density at radius 1 is 1.17 bits per heavy atom. The van der Waals surface area contributed by atoms with E-state index in [2.05, 4.69) is 16.0 Å². The van der Waals surface area contributed by atoms with Gasteiger partial charge in [0.15, 0.2) is 0 Å². The van der Waals surface area contributed by atoms with Crippen molar-refractivity contribution in [2.75, 3.05) is 26.4 Å². The molecule has 2 atom stereocenters. The summed E-state index contributed by atoms with van der Waals surface area (Å²) in [6.45, 7) is 11.0. The second-order valence-corrected chi connectivity index (χ2v) is 9.15. The van der Waals surface area contributed by atoms with Crippen molar-refractivity contribution in [3.05, 3.63) is 0 Å². The summed E-state index contributed by atoms with van der Waals surface area (Å²) in [6, 6.07) is -1.84. The normalized spacial score (nSPS) is 20.4. The highest BCUT2D eigenvalue weighted by molar-refractivity contribution is 6.38. The molecule has 0 bridgehead atoms. The van der Waals surface area contributed by atoms with E-state index in [0.717, 1.165) is 6.42 Å². The van der Waals surface area contributed by atoms with Gasteiger partial charge in [0.1, 0.15) is 6.04 Å². The molecule has 1 rings (SSSR count). The molecule has 9 heteroatoms. The van der Waals surface area contributed by atoms with Crippen LogP contribution < -0.4 is 16.0 Å². The lowest BCUT2D eigenvalue weighted by Crippen LogP contribution is -2.55. The summed E-state index contributed by atoms with van der Waals surface area (Å²) in [5, 5.41) is 7.78. The Labute approximate surface area is 179 Å². The fraction of sp³-hybridized carbons (Fsp3) is 0.810. The highest BCUT2D eigenvalue weighted by Crippen LogP contribution is 2.13. The van der Waals surface area contributed by atoms with Crippen molar-refractivity contribution in [2.45, 2.75) is 72.4 Å². The third-order valence-electron chi connectivity index (χ3n) is 4.50. The molecular formula is C21H37N3O6. The zero-order valence-electron chi connectivity index (χ0n) is 18.8. The number of nitrogens with one attached hydrogen (secondary N) is 3. The summed E-state index contributed by atoms with van der Waals surface area (Å²) >= 11 is 0. The van der Waals surface area contributed by atoms with Crippen LogP contribution in [0.4, 0.5) is 4.79 Å². The van der Waals surface area contributed by atoms with Crippen LogP contribution in [0, 0.1) is 11.3 Å². The number of carbonyl (C=O) groups is 4. The molecule has 0 saturated carbocycles. The summed E-state index contributed by atoms with van der Waals surface area (Å²) < 4.78 is 10.6. The molecule has 1 saturated heterocycles. The summed E-state index contributed by atoms with van der Waals surface area (Å²) in [6.07, 6.45) is 1.59. The number of alkyl carbamates (subject to hydrolysis) is 1. The Balaban J connectivity index is 2.78. The van der Waals surface area contributed by atoms with E-state index in [1.54, 1.807) is 13.8 Å². The summed E-state index contributed by atoms with van der Waals surface area (Å²) in [7, 11) is 0. The standard InChI is InChI=1S/C21H37N3O6/c1-14(2)16(24-20(28)30-13-21(3,4)5)18(26)23-15-9-6-7-11-29-12-8-10-22-19(27)17(15)25/h14-16H,6-13H2,1-5H3,(H,22,27)(H,23,26)(H,24,28). The Kier molecular flexibility index (Phi) is 10.8. The molecule has 0 aliphatic carbocycles. The van der Waals surface area contributed by atoms with Crippen LogP contribution in [0.25, 0.3) is 0 Å². The third-order valence-corrected chi connectivity index (χ3v) is 4.50. The number of rotatable bonds is 5. The van der Waals surface area contributed by atoms with E-state index in [1.807, 2.05) is 20.8 Å². The van der Waals surface area contributed by atoms with Crippen molar-refractivity contribution in [2.24, 2.45) is 11.3 Å². The van der Waals surface area contributed by atoms with Crippen LogP contribution in [-0.2, 0) is 23.9 Å². The topological polar surface area (TPSA) is 123 Å². The van der Waals surface area contributed by atoms with Crippen LogP contribution in [0.3, 0.4) is 0 Å². The monoisotopic (exact) mass is 427 g/mol. The molecule has 0 aromatic rings. The molecule has 0 radical (unpaired) electrons. The second-order valence-electron chi connectivity index (χ2n) is 9.15. The Hall–Kier alpha value is -2.16. The SMILES string of the molecule is CC(C)C(NC(=O)OCC(C)(C)C)C(=O)NC1CCCCOCCCNC(=O)C1=O. The van der Waals surface area contributed by atoms with Crippen molar-refractivity contribution < 1.29 is 28.7 Å². The smallest absolute Gasteiger partial charge is 0.407 e. The van der Waals surface area contributed by atoms with Crippen LogP contribution in [0.2, 0.25) is 0 Å². The summed E-state index contributed by atoms with van der Waals surface area (Å²) in [5.74, 6) is -2.16. The van der Waals surface area contributed by atoms with Crippen LogP contribution in [0.5, 0.6) is 0 Å². The molecule has 30 heavy (non-hydrogen) atoms. The van der Waals surface area contributed by atoms with Crippen LogP contribution in [0.15, 0.2) is 0 Å². The van der Waals surface area contributed by atoms with Gasteiger partial charge >= 0.3 is 6.09 Å². The molecule has 3 N–H and O–H groups in total. The van der Waals surface area contributed by atoms with E-state index in [9.17, 15) is 19.2 Å². The van der Waals surface area contributed by atoms with Crippen molar-refractivity contribution in [3.8, 4) is 0 Å². The minimum absolute atomic E-state index is 0.203. The quantitative estimate of drug-likeness (QED) is 0.572. The van der Waals surface area contributed by atoms with Gasteiger partial charge < -0.3 is 25.4 Å². The van der Waals surface area contributed by atoms with Gasteiger partial charge in [-0.1, -0.05) is 34.6 Å². The van der Waals surface area contributed by atoms with Gasteiger partial charge in [0.25, 0.3) is 5.91 Å². The van der Waals surface area contributed by atoms with Crippen molar-refractivity contribution in [1.29, 1.82) is 0 Å². The number of Topliss-reactive ketones (excluding diaryl/α,β-unsaturated/α-hetero) is 1. The van der Waals surface area contributed by atoms with E-state index < -0.39 is 35.8 Å². The molecule has 0 spiro atoms. The number of ether oxygens (including phenoxy) is 2. The van der Waals surface area contributed by atoms with Crippen LogP contribution in [0.1, 0.15) is 60.3 Å². The maximum absolute atomic E-state index is 12.8. The van der Waals surface area contributed by atoms with E-state index in [-0.39, 0.29) is 17.9 Å². The Bertz CT molecular complexity index is 600. The van der Waals surface area contributed by atoms with E-state index in [1.165, 1.54) is 0 Å². The van der Waals surface area contributed by atoms with Crippen molar-refractivity contribution in [3.63, 3.8) is 0 Å². The van der Waals surface area contributed by atoms with Gasteiger partial charge in [-0.05, 0) is 37.0 Å². The minimum Gasteiger partial charge on any atom is -0.449 e. The maximum Gasteiger partial charge on any atom is 0.407 e. The zero-order chi connectivity index (χ0) is 22.7. The lowest BCUT2D eigenvalue weighted by Gasteiger charge is -2.25. The lowest BCUT2D eigenvalue weighted by atomic mass is 9.99. The number of hydrogen-bond donors (Lipinski definition) is 3. The molecule has 1 aliphatic rings. The van der Waals surface area contributed by atoms with E-state index >= 15 is 0 Å². The number of amides is 3. The molecule has 0 aromatic carbocycles. The maximum atomic E-state index is 12.8. The number of carbonyl (C=O) groups excluding carboxylic acids is 4. The highest BCUT2D eigenvalue weighted by atomic mass is 16.5. The minimum atomic E-state index is -0.953. The van der Waals surface area contributed by atoms with Crippen LogP contribution >= 0.6 is 0 Å². The van der Waals surface area contributed by atoms with Gasteiger partial charge in [0.05, 0.1) is 12.6 Å². The van der Waals surface area contributed by atoms with E-state index in [0.29, 0.717) is 39.0 Å². The van der Waals surface area contributed by atoms with Gasteiger partial charge in [-0.25, -0.2) is 4.79 Å². The Morgan fingerprint density at radius 2 is 1.83 bits per heavy atom.